The summed E-state index contributed by atoms with van der Waals surface area (Å²) in [5.41, 5.74) is 0.875. The van der Waals surface area contributed by atoms with Crippen molar-refractivity contribution >= 4 is 33.8 Å². The van der Waals surface area contributed by atoms with Gasteiger partial charge in [0.15, 0.2) is 0 Å². The van der Waals surface area contributed by atoms with E-state index < -0.39 is 0 Å². The average molecular weight is 369 g/mol. The molecule has 1 amide bonds. The summed E-state index contributed by atoms with van der Waals surface area (Å²) in [4.78, 5) is 28.4. The van der Waals surface area contributed by atoms with E-state index >= 15 is 0 Å². The molecule has 26 heavy (non-hydrogen) atoms. The minimum absolute atomic E-state index is 0.0638. The van der Waals surface area contributed by atoms with Crippen LogP contribution < -0.4 is 5.32 Å². The highest BCUT2D eigenvalue weighted by Crippen LogP contribution is 2.27. The van der Waals surface area contributed by atoms with Crippen LogP contribution in [0.4, 0.5) is 5.82 Å². The Labute approximate surface area is 155 Å². The Bertz CT molecular complexity index is 936. The number of ether oxygens (including phenoxy) is 1. The highest BCUT2D eigenvalue weighted by atomic mass is 32.1. The molecule has 1 saturated heterocycles. The predicted octanol–water partition coefficient (Wildman–Crippen LogP) is 2.33. The maximum absolute atomic E-state index is 12.3. The van der Waals surface area contributed by atoms with E-state index in [0.29, 0.717) is 25.6 Å². The van der Waals surface area contributed by atoms with E-state index in [-0.39, 0.29) is 5.91 Å². The molecule has 0 radical (unpaired) electrons. The first-order valence-corrected chi connectivity index (χ1v) is 9.27. The number of anilines is 1. The number of amides is 1. The number of nitrogens with one attached hydrogen (secondary N) is 1. The fourth-order valence-electron chi connectivity index (χ4n) is 2.87. The second-order valence-corrected chi connectivity index (χ2v) is 7.40. The van der Waals surface area contributed by atoms with Gasteiger partial charge in [-0.3, -0.25) is 14.7 Å². The number of fused-ring (bicyclic) bond motifs is 1. The maximum Gasteiger partial charge on any atom is 0.239 e. The third-order valence-corrected chi connectivity index (χ3v) is 5.15. The zero-order valence-corrected chi connectivity index (χ0v) is 15.3. The maximum atomic E-state index is 12.3. The van der Waals surface area contributed by atoms with Gasteiger partial charge in [0, 0.05) is 37.1 Å². The lowest BCUT2D eigenvalue weighted by Crippen LogP contribution is -2.41. The number of aromatic nitrogens is 3. The van der Waals surface area contributed by atoms with Crippen molar-refractivity contribution in [2.75, 3.05) is 38.2 Å². The number of carbonyl (C=O) groups is 1. The monoisotopic (exact) mass is 369 g/mol. The number of nitrogens with zero attached hydrogens (tertiary/aromatic N) is 4. The van der Waals surface area contributed by atoms with Crippen LogP contribution in [0.15, 0.2) is 30.7 Å². The third kappa shape index (κ3) is 3.87. The summed E-state index contributed by atoms with van der Waals surface area (Å²) in [7, 11) is 0. The van der Waals surface area contributed by atoms with E-state index in [1.807, 2.05) is 25.3 Å². The van der Waals surface area contributed by atoms with Crippen LogP contribution in [0, 0.1) is 6.92 Å². The number of thiazole rings is 1. The molecule has 0 atom stereocenters. The summed E-state index contributed by atoms with van der Waals surface area (Å²) in [6, 6.07) is 3.88. The Balaban J connectivity index is 1.51. The number of aryl methyl sites for hydroxylation is 1. The fraction of sp³-hybridized carbons (Fsp3) is 0.333. The molecule has 0 aliphatic carbocycles. The van der Waals surface area contributed by atoms with Gasteiger partial charge >= 0.3 is 0 Å². The van der Waals surface area contributed by atoms with Gasteiger partial charge in [0.1, 0.15) is 5.82 Å². The Morgan fingerprint density at radius 1 is 1.15 bits per heavy atom. The lowest BCUT2D eigenvalue weighted by Gasteiger charge is -2.25. The van der Waals surface area contributed by atoms with E-state index in [4.69, 9.17) is 4.74 Å². The Kier molecular flexibility index (Phi) is 4.87. The smallest absolute Gasteiger partial charge is 0.239 e. The molecule has 3 aromatic heterocycles. The van der Waals surface area contributed by atoms with Gasteiger partial charge in [0.25, 0.3) is 0 Å². The minimum atomic E-state index is -0.0638. The second-order valence-electron chi connectivity index (χ2n) is 6.17. The normalized spacial score (nSPS) is 15.3. The molecule has 8 heteroatoms. The van der Waals surface area contributed by atoms with Crippen LogP contribution in [-0.2, 0) is 9.53 Å². The van der Waals surface area contributed by atoms with Gasteiger partial charge in [-0.25, -0.2) is 9.97 Å². The molecule has 1 N–H and O–H groups in total. The lowest BCUT2D eigenvalue weighted by molar-refractivity contribution is -0.118. The summed E-state index contributed by atoms with van der Waals surface area (Å²) in [6.07, 6.45) is 5.36. The SMILES string of the molecule is Cc1ncc(-c2cc3cc(NC(=O)CN4CCOCC4)ncc3cn2)s1. The fourth-order valence-corrected chi connectivity index (χ4v) is 3.61. The minimum Gasteiger partial charge on any atom is -0.379 e. The number of hydrogen-bond acceptors (Lipinski definition) is 7. The van der Waals surface area contributed by atoms with Gasteiger partial charge in [-0.2, -0.15) is 0 Å². The second kappa shape index (κ2) is 7.45. The van der Waals surface area contributed by atoms with Gasteiger partial charge in [0.2, 0.25) is 5.91 Å². The molecule has 0 unspecified atom stereocenters. The molecule has 1 aliphatic rings. The molecule has 0 bridgehead atoms. The van der Waals surface area contributed by atoms with Gasteiger partial charge in [-0.05, 0) is 24.4 Å². The molecule has 1 fully saturated rings. The molecule has 1 aliphatic heterocycles. The zero-order chi connectivity index (χ0) is 17.9. The van der Waals surface area contributed by atoms with Gasteiger partial charge < -0.3 is 10.1 Å². The van der Waals surface area contributed by atoms with Gasteiger partial charge in [-0.15, -0.1) is 11.3 Å². The quantitative estimate of drug-likeness (QED) is 0.760. The highest BCUT2D eigenvalue weighted by molar-refractivity contribution is 7.15. The van der Waals surface area contributed by atoms with Crippen molar-refractivity contribution in [2.24, 2.45) is 0 Å². The van der Waals surface area contributed by atoms with Crippen molar-refractivity contribution in [2.45, 2.75) is 6.92 Å². The van der Waals surface area contributed by atoms with E-state index in [9.17, 15) is 4.79 Å². The van der Waals surface area contributed by atoms with Gasteiger partial charge in [0.05, 0.1) is 35.3 Å². The van der Waals surface area contributed by atoms with Gasteiger partial charge in [-0.1, -0.05) is 0 Å². The molecule has 0 saturated carbocycles. The molecule has 0 spiro atoms. The van der Waals surface area contributed by atoms with E-state index in [2.05, 4.69) is 25.2 Å². The largest absolute Gasteiger partial charge is 0.379 e. The Morgan fingerprint density at radius 2 is 1.96 bits per heavy atom. The Morgan fingerprint density at radius 3 is 2.73 bits per heavy atom. The summed E-state index contributed by atoms with van der Waals surface area (Å²) in [6.45, 7) is 5.23. The molecular weight excluding hydrogens is 350 g/mol. The average Bonchev–Trinajstić information content (AvgIpc) is 3.08. The van der Waals surface area contributed by atoms with E-state index in [1.54, 1.807) is 23.7 Å². The molecule has 4 heterocycles. The summed E-state index contributed by atoms with van der Waals surface area (Å²) in [5, 5.41) is 5.80. The molecule has 4 rings (SSSR count). The van der Waals surface area contributed by atoms with E-state index in [0.717, 1.165) is 39.4 Å². The van der Waals surface area contributed by atoms with Crippen LogP contribution in [0.25, 0.3) is 21.3 Å². The van der Waals surface area contributed by atoms with Crippen molar-refractivity contribution in [3.63, 3.8) is 0 Å². The van der Waals surface area contributed by atoms with Crippen molar-refractivity contribution in [1.82, 2.24) is 19.9 Å². The van der Waals surface area contributed by atoms with E-state index in [1.165, 1.54) is 0 Å². The number of morpholine rings is 1. The summed E-state index contributed by atoms with van der Waals surface area (Å²) >= 11 is 1.61. The first-order valence-electron chi connectivity index (χ1n) is 8.46. The van der Waals surface area contributed by atoms with Crippen LogP contribution in [-0.4, -0.2) is 58.6 Å². The topological polar surface area (TPSA) is 80.2 Å². The van der Waals surface area contributed by atoms with Crippen LogP contribution in [0.3, 0.4) is 0 Å². The number of rotatable bonds is 4. The molecule has 7 nitrogen and oxygen atoms in total. The standard InChI is InChI=1S/C18H19N5O2S/c1-12-19-10-16(26-12)15-6-13-7-17(21-9-14(13)8-20-15)22-18(24)11-23-2-4-25-5-3-23/h6-10H,2-5,11H2,1H3,(H,21,22,24). The van der Waals surface area contributed by atoms with Crippen molar-refractivity contribution in [3.05, 3.63) is 35.7 Å². The van der Waals surface area contributed by atoms with Crippen LogP contribution in [0.2, 0.25) is 0 Å². The third-order valence-electron chi connectivity index (χ3n) is 4.22. The van der Waals surface area contributed by atoms with Crippen molar-refractivity contribution in [1.29, 1.82) is 0 Å². The first kappa shape index (κ1) is 17.0. The van der Waals surface area contributed by atoms with Crippen molar-refractivity contribution in [3.8, 4) is 10.6 Å². The molecule has 134 valence electrons. The summed E-state index contributed by atoms with van der Waals surface area (Å²) in [5.74, 6) is 0.486. The van der Waals surface area contributed by atoms with Crippen LogP contribution in [0.1, 0.15) is 5.01 Å². The highest BCUT2D eigenvalue weighted by Gasteiger charge is 2.14. The van der Waals surface area contributed by atoms with Crippen LogP contribution >= 0.6 is 11.3 Å². The lowest BCUT2D eigenvalue weighted by atomic mass is 10.2. The number of hydrogen-bond donors (Lipinski definition) is 1. The zero-order valence-electron chi connectivity index (χ0n) is 14.4. The first-order chi connectivity index (χ1) is 12.7. The van der Waals surface area contributed by atoms with Crippen LogP contribution in [0.5, 0.6) is 0 Å². The Hall–Kier alpha value is -2.42. The predicted molar refractivity (Wildman–Crippen MR) is 101 cm³/mol. The molecular formula is C18H19N5O2S. The summed E-state index contributed by atoms with van der Waals surface area (Å²) < 4.78 is 5.30. The molecule has 0 aromatic carbocycles. The number of carbonyl (C=O) groups excluding carboxylic acids is 1. The molecule has 3 aromatic rings. The van der Waals surface area contributed by atoms with Crippen molar-refractivity contribution < 1.29 is 9.53 Å². The number of pyridine rings is 2.